The Kier molecular flexibility index (Phi) is 4.62. The van der Waals surface area contributed by atoms with Crippen LogP contribution in [0.2, 0.25) is 5.02 Å². The van der Waals surface area contributed by atoms with Gasteiger partial charge in [0.1, 0.15) is 6.54 Å². The summed E-state index contributed by atoms with van der Waals surface area (Å²) in [6.45, 7) is 2.65. The zero-order chi connectivity index (χ0) is 19.1. The quantitative estimate of drug-likeness (QED) is 0.732. The normalized spacial score (nSPS) is 11.8. The zero-order valence-electron chi connectivity index (χ0n) is 13.9. The first-order valence-corrected chi connectivity index (χ1v) is 8.00. The molecule has 0 atom stereocenters. The molecule has 0 unspecified atom stereocenters. The molecule has 2 aromatic heterocycles. The van der Waals surface area contributed by atoms with E-state index in [0.717, 1.165) is 6.07 Å². The predicted octanol–water partition coefficient (Wildman–Crippen LogP) is 4.36. The number of nitrogens with one attached hydrogen (secondary N) is 1. The summed E-state index contributed by atoms with van der Waals surface area (Å²) in [5.41, 5.74) is 0.0578. The van der Waals surface area contributed by atoms with Crippen molar-refractivity contribution in [2.24, 2.45) is 0 Å². The molecule has 0 saturated carbocycles. The number of amides is 1. The number of anilines is 1. The lowest BCUT2D eigenvalue weighted by molar-refractivity contribution is -0.136. The van der Waals surface area contributed by atoms with Crippen LogP contribution in [0.25, 0.3) is 11.0 Å². The number of hydrogen-bond acceptors (Lipinski definition) is 3. The molecule has 1 aromatic carbocycles. The number of fused-ring (bicyclic) bond motifs is 1. The van der Waals surface area contributed by atoms with Gasteiger partial charge in [-0.25, -0.2) is 9.67 Å². The Balaban J connectivity index is 1.96. The Morgan fingerprint density at radius 2 is 2.00 bits per heavy atom. The average Bonchev–Trinajstić information content (AvgIpc) is 2.81. The number of benzene rings is 1. The van der Waals surface area contributed by atoms with Gasteiger partial charge in [0.05, 0.1) is 16.6 Å². The van der Waals surface area contributed by atoms with Crippen LogP contribution in [0, 0.1) is 13.8 Å². The van der Waals surface area contributed by atoms with Crippen LogP contribution in [-0.4, -0.2) is 20.7 Å². The summed E-state index contributed by atoms with van der Waals surface area (Å²) in [4.78, 5) is 16.4. The summed E-state index contributed by atoms with van der Waals surface area (Å²) in [5.74, 6) is -0.450. The minimum Gasteiger partial charge on any atom is -0.324 e. The molecule has 0 aliphatic rings. The van der Waals surface area contributed by atoms with Gasteiger partial charge in [0.2, 0.25) is 5.91 Å². The summed E-state index contributed by atoms with van der Waals surface area (Å²) in [5, 5.41) is 7.06. The molecule has 3 aromatic rings. The average molecular weight is 383 g/mol. The van der Waals surface area contributed by atoms with Gasteiger partial charge in [-0.05, 0) is 38.1 Å². The highest BCUT2D eigenvalue weighted by molar-refractivity contribution is 6.30. The molecule has 0 radical (unpaired) electrons. The van der Waals surface area contributed by atoms with E-state index < -0.39 is 17.6 Å². The first-order valence-electron chi connectivity index (χ1n) is 7.62. The minimum absolute atomic E-state index is 0.0241. The van der Waals surface area contributed by atoms with E-state index in [4.69, 9.17) is 11.6 Å². The molecule has 0 fully saturated rings. The molecule has 9 heteroatoms. The fourth-order valence-electron chi connectivity index (χ4n) is 2.72. The van der Waals surface area contributed by atoms with E-state index in [1.807, 2.05) is 0 Å². The fraction of sp³-hybridized carbons (Fsp3) is 0.235. The van der Waals surface area contributed by atoms with Crippen molar-refractivity contribution in [3.8, 4) is 0 Å². The molecule has 26 heavy (non-hydrogen) atoms. The number of rotatable bonds is 3. The second-order valence-corrected chi connectivity index (χ2v) is 6.25. The van der Waals surface area contributed by atoms with Crippen LogP contribution in [0.4, 0.5) is 18.9 Å². The number of halogens is 4. The van der Waals surface area contributed by atoms with Crippen molar-refractivity contribution >= 4 is 34.2 Å². The molecule has 0 saturated heterocycles. The van der Waals surface area contributed by atoms with Crippen LogP contribution < -0.4 is 5.32 Å². The molecule has 1 amide bonds. The smallest absolute Gasteiger partial charge is 0.324 e. The summed E-state index contributed by atoms with van der Waals surface area (Å²) in [7, 11) is 0. The maximum Gasteiger partial charge on any atom is 0.417 e. The van der Waals surface area contributed by atoms with Gasteiger partial charge in [-0.2, -0.15) is 18.3 Å². The lowest BCUT2D eigenvalue weighted by Gasteiger charge is -2.10. The van der Waals surface area contributed by atoms with Crippen molar-refractivity contribution in [3.63, 3.8) is 0 Å². The van der Waals surface area contributed by atoms with E-state index in [2.05, 4.69) is 15.4 Å². The molecule has 0 aliphatic heterocycles. The number of carbonyl (C=O) groups is 1. The van der Waals surface area contributed by atoms with Crippen LogP contribution in [0.15, 0.2) is 30.3 Å². The van der Waals surface area contributed by atoms with Crippen molar-refractivity contribution in [3.05, 3.63) is 52.3 Å². The van der Waals surface area contributed by atoms with Gasteiger partial charge in [-0.3, -0.25) is 4.79 Å². The Labute approximate surface area is 151 Å². The minimum atomic E-state index is -4.53. The van der Waals surface area contributed by atoms with Crippen LogP contribution in [-0.2, 0) is 17.5 Å². The number of pyridine rings is 1. The van der Waals surface area contributed by atoms with Gasteiger partial charge in [-0.1, -0.05) is 17.7 Å². The largest absolute Gasteiger partial charge is 0.417 e. The van der Waals surface area contributed by atoms with Crippen LogP contribution in [0.1, 0.15) is 17.0 Å². The van der Waals surface area contributed by atoms with Gasteiger partial charge >= 0.3 is 6.18 Å². The molecule has 2 heterocycles. The van der Waals surface area contributed by atoms with Crippen LogP contribution >= 0.6 is 11.6 Å². The topological polar surface area (TPSA) is 59.8 Å². The number of nitrogens with zero attached hydrogens (tertiary/aromatic N) is 3. The molecule has 0 aliphatic carbocycles. The molecule has 5 nitrogen and oxygen atoms in total. The molecular weight excluding hydrogens is 369 g/mol. The molecule has 0 bridgehead atoms. The van der Waals surface area contributed by atoms with E-state index in [1.54, 1.807) is 24.3 Å². The molecular formula is C17H14ClF3N4O. The van der Waals surface area contributed by atoms with Crippen molar-refractivity contribution in [2.75, 3.05) is 5.32 Å². The number of alkyl halides is 3. The third kappa shape index (κ3) is 3.65. The number of aryl methyl sites for hydroxylation is 2. The summed E-state index contributed by atoms with van der Waals surface area (Å²) in [6.07, 6.45) is -4.53. The van der Waals surface area contributed by atoms with Gasteiger partial charge in [0, 0.05) is 16.4 Å². The first kappa shape index (κ1) is 18.2. The molecule has 0 spiro atoms. The number of hydrogen-bond donors (Lipinski definition) is 1. The first-order chi connectivity index (χ1) is 12.1. The lowest BCUT2D eigenvalue weighted by atomic mass is 10.1. The van der Waals surface area contributed by atoms with Crippen LogP contribution in [0.5, 0.6) is 0 Å². The fourth-order valence-corrected chi connectivity index (χ4v) is 2.91. The molecule has 136 valence electrons. The third-order valence-electron chi connectivity index (χ3n) is 3.71. The second kappa shape index (κ2) is 6.60. The number of aromatic nitrogens is 3. The standard InChI is InChI=1S/C17H14ClF3N4O/c1-9-6-13(17(19,20)21)15-10(2)24-25(16(15)22-9)8-14(26)23-12-5-3-4-11(18)7-12/h3-7H,8H2,1-2H3,(H,23,26). The highest BCUT2D eigenvalue weighted by Crippen LogP contribution is 2.36. The van der Waals surface area contributed by atoms with Gasteiger partial charge in [0.15, 0.2) is 5.65 Å². The van der Waals surface area contributed by atoms with E-state index in [-0.39, 0.29) is 29.0 Å². The second-order valence-electron chi connectivity index (χ2n) is 5.81. The Bertz CT molecular complexity index is 998. The zero-order valence-corrected chi connectivity index (χ0v) is 14.6. The Morgan fingerprint density at radius 1 is 1.27 bits per heavy atom. The predicted molar refractivity (Wildman–Crippen MR) is 92.1 cm³/mol. The highest BCUT2D eigenvalue weighted by Gasteiger charge is 2.35. The van der Waals surface area contributed by atoms with Gasteiger partial charge < -0.3 is 5.32 Å². The molecule has 1 N–H and O–H groups in total. The van der Waals surface area contributed by atoms with E-state index >= 15 is 0 Å². The Hall–Kier alpha value is -2.61. The third-order valence-corrected chi connectivity index (χ3v) is 3.95. The summed E-state index contributed by atoms with van der Waals surface area (Å²) in [6, 6.07) is 7.53. The summed E-state index contributed by atoms with van der Waals surface area (Å²) < 4.78 is 41.1. The summed E-state index contributed by atoms with van der Waals surface area (Å²) >= 11 is 5.86. The lowest BCUT2D eigenvalue weighted by Crippen LogP contribution is -2.20. The van der Waals surface area contributed by atoms with Crippen molar-refractivity contribution < 1.29 is 18.0 Å². The van der Waals surface area contributed by atoms with Crippen molar-refractivity contribution in [1.82, 2.24) is 14.8 Å². The van der Waals surface area contributed by atoms with Crippen molar-refractivity contribution in [2.45, 2.75) is 26.6 Å². The monoisotopic (exact) mass is 382 g/mol. The van der Waals surface area contributed by atoms with Gasteiger partial charge in [-0.15, -0.1) is 0 Å². The SMILES string of the molecule is Cc1cc(C(F)(F)F)c2c(C)nn(CC(=O)Nc3cccc(Cl)c3)c2n1. The van der Waals surface area contributed by atoms with Crippen LogP contribution in [0.3, 0.4) is 0 Å². The Morgan fingerprint density at radius 3 is 2.65 bits per heavy atom. The van der Waals surface area contributed by atoms with Crippen molar-refractivity contribution in [1.29, 1.82) is 0 Å². The van der Waals surface area contributed by atoms with E-state index in [9.17, 15) is 18.0 Å². The maximum absolute atomic E-state index is 13.3. The van der Waals surface area contributed by atoms with E-state index in [0.29, 0.717) is 10.7 Å². The highest BCUT2D eigenvalue weighted by atomic mass is 35.5. The van der Waals surface area contributed by atoms with E-state index in [1.165, 1.54) is 18.5 Å². The van der Waals surface area contributed by atoms with Gasteiger partial charge in [0.25, 0.3) is 0 Å². The molecule has 3 rings (SSSR count). The number of carbonyl (C=O) groups excluding carboxylic acids is 1. The maximum atomic E-state index is 13.3.